The second-order valence-corrected chi connectivity index (χ2v) is 8.10. The zero-order valence-corrected chi connectivity index (χ0v) is 11.5. The predicted molar refractivity (Wildman–Crippen MR) is 66.9 cm³/mol. The second-order valence-electron chi connectivity index (χ2n) is 8.10. The molecule has 0 aromatic rings. The van der Waals surface area contributed by atoms with E-state index in [0.29, 0.717) is 21.7 Å². The van der Waals surface area contributed by atoms with Gasteiger partial charge in [-0.1, -0.05) is 48.0 Å². The summed E-state index contributed by atoms with van der Waals surface area (Å²) in [6.07, 6.45) is 7.23. The van der Waals surface area contributed by atoms with Crippen molar-refractivity contribution in [2.45, 2.75) is 73.6 Å². The summed E-state index contributed by atoms with van der Waals surface area (Å²) >= 11 is 0. The summed E-state index contributed by atoms with van der Waals surface area (Å²) in [5.74, 6) is 0. The largest absolute Gasteiger partial charge is 0.0594 e. The minimum Gasteiger partial charge on any atom is -0.0594 e. The Bertz CT molecular complexity index is 246. The zero-order valence-electron chi connectivity index (χ0n) is 11.5. The summed E-state index contributed by atoms with van der Waals surface area (Å²) in [4.78, 5) is 0. The third-order valence-corrected chi connectivity index (χ3v) is 6.14. The van der Waals surface area contributed by atoms with Crippen LogP contribution >= 0.6 is 0 Å². The third-order valence-electron chi connectivity index (χ3n) is 6.14. The Labute approximate surface area is 95.8 Å². The van der Waals surface area contributed by atoms with Crippen LogP contribution in [0.15, 0.2) is 0 Å². The van der Waals surface area contributed by atoms with Crippen molar-refractivity contribution >= 4 is 0 Å². The van der Waals surface area contributed by atoms with Gasteiger partial charge in [0.15, 0.2) is 0 Å². The Morgan fingerprint density at radius 1 is 0.667 bits per heavy atom. The van der Waals surface area contributed by atoms with Crippen LogP contribution in [0, 0.1) is 21.7 Å². The van der Waals surface area contributed by atoms with Crippen LogP contribution < -0.4 is 0 Å². The van der Waals surface area contributed by atoms with Crippen molar-refractivity contribution in [2.75, 3.05) is 0 Å². The summed E-state index contributed by atoms with van der Waals surface area (Å²) < 4.78 is 0. The highest BCUT2D eigenvalue weighted by molar-refractivity contribution is 5.08. The average Bonchev–Trinajstić information content (AvgIpc) is 2.67. The monoisotopic (exact) mass is 208 g/mol. The first-order valence-corrected chi connectivity index (χ1v) is 6.62. The van der Waals surface area contributed by atoms with E-state index in [-0.39, 0.29) is 0 Å². The highest BCUT2D eigenvalue weighted by Crippen LogP contribution is 2.68. The third kappa shape index (κ3) is 1.74. The molecule has 0 aromatic carbocycles. The number of rotatable bonds is 4. The standard InChI is InChI=1S/C15H28/c1-12(2)10-14(12,5)8-7-9-15(6)11-13(15,3)4/h7-11H2,1-6H3. The van der Waals surface area contributed by atoms with Crippen LogP contribution in [0.2, 0.25) is 0 Å². The van der Waals surface area contributed by atoms with E-state index in [2.05, 4.69) is 41.5 Å². The van der Waals surface area contributed by atoms with Gasteiger partial charge in [0.1, 0.15) is 0 Å². The lowest BCUT2D eigenvalue weighted by molar-refractivity contribution is 0.325. The van der Waals surface area contributed by atoms with Gasteiger partial charge in [-0.3, -0.25) is 0 Å². The van der Waals surface area contributed by atoms with E-state index in [9.17, 15) is 0 Å². The maximum Gasteiger partial charge on any atom is -0.0269 e. The average molecular weight is 208 g/mol. The van der Waals surface area contributed by atoms with Crippen molar-refractivity contribution in [3.05, 3.63) is 0 Å². The molecule has 0 radical (unpaired) electrons. The Kier molecular flexibility index (Phi) is 2.15. The zero-order chi connectivity index (χ0) is 11.5. The predicted octanol–water partition coefficient (Wildman–Crippen LogP) is 5.03. The number of hydrogen-bond donors (Lipinski definition) is 0. The molecule has 2 atom stereocenters. The number of hydrogen-bond acceptors (Lipinski definition) is 0. The van der Waals surface area contributed by atoms with Crippen LogP contribution in [-0.4, -0.2) is 0 Å². The quantitative estimate of drug-likeness (QED) is 0.608. The first-order valence-electron chi connectivity index (χ1n) is 6.62. The van der Waals surface area contributed by atoms with Crippen LogP contribution in [0.4, 0.5) is 0 Å². The lowest BCUT2D eigenvalue weighted by Crippen LogP contribution is -2.07. The molecule has 2 saturated carbocycles. The van der Waals surface area contributed by atoms with Gasteiger partial charge in [-0.2, -0.15) is 0 Å². The van der Waals surface area contributed by atoms with Gasteiger partial charge in [0.05, 0.1) is 0 Å². The molecule has 2 fully saturated rings. The summed E-state index contributed by atoms with van der Waals surface area (Å²) in [6, 6.07) is 0. The molecule has 15 heavy (non-hydrogen) atoms. The maximum atomic E-state index is 2.48. The van der Waals surface area contributed by atoms with Crippen molar-refractivity contribution in [3.8, 4) is 0 Å². The molecule has 0 N–H and O–H groups in total. The minimum atomic E-state index is 0.632. The van der Waals surface area contributed by atoms with E-state index in [1.165, 1.54) is 32.1 Å². The van der Waals surface area contributed by atoms with Crippen molar-refractivity contribution in [1.29, 1.82) is 0 Å². The van der Waals surface area contributed by atoms with E-state index in [0.717, 1.165) is 0 Å². The van der Waals surface area contributed by atoms with Gasteiger partial charge in [0, 0.05) is 0 Å². The van der Waals surface area contributed by atoms with Crippen molar-refractivity contribution in [2.24, 2.45) is 21.7 Å². The van der Waals surface area contributed by atoms with E-state index < -0.39 is 0 Å². The van der Waals surface area contributed by atoms with Crippen LogP contribution in [0.1, 0.15) is 73.6 Å². The van der Waals surface area contributed by atoms with Gasteiger partial charge < -0.3 is 0 Å². The second kappa shape index (κ2) is 2.81. The summed E-state index contributed by atoms with van der Waals surface area (Å²) in [5, 5.41) is 0. The molecule has 2 unspecified atom stereocenters. The highest BCUT2D eigenvalue weighted by atomic mass is 14.6. The molecule has 0 saturated heterocycles. The highest BCUT2D eigenvalue weighted by Gasteiger charge is 2.59. The molecule has 0 amide bonds. The maximum absolute atomic E-state index is 2.48. The molecule has 0 nitrogen and oxygen atoms in total. The van der Waals surface area contributed by atoms with E-state index >= 15 is 0 Å². The molecule has 0 bridgehead atoms. The Morgan fingerprint density at radius 3 is 1.13 bits per heavy atom. The molecule has 2 rings (SSSR count). The van der Waals surface area contributed by atoms with Crippen LogP contribution in [0.5, 0.6) is 0 Å². The van der Waals surface area contributed by atoms with Crippen LogP contribution in [0.3, 0.4) is 0 Å². The van der Waals surface area contributed by atoms with E-state index in [1.54, 1.807) is 0 Å². The topological polar surface area (TPSA) is 0 Å². The van der Waals surface area contributed by atoms with Crippen molar-refractivity contribution in [3.63, 3.8) is 0 Å². The molecular weight excluding hydrogens is 180 g/mol. The Balaban J connectivity index is 1.74. The molecule has 88 valence electrons. The van der Waals surface area contributed by atoms with Gasteiger partial charge in [-0.15, -0.1) is 0 Å². The van der Waals surface area contributed by atoms with Gasteiger partial charge >= 0.3 is 0 Å². The van der Waals surface area contributed by atoms with E-state index in [1.807, 2.05) is 0 Å². The molecule has 0 heterocycles. The molecular formula is C15H28. The molecule has 0 spiro atoms. The fourth-order valence-electron chi connectivity index (χ4n) is 3.58. The van der Waals surface area contributed by atoms with E-state index in [4.69, 9.17) is 0 Å². The minimum absolute atomic E-state index is 0.632. The molecule has 2 aliphatic rings. The molecule has 2 aliphatic carbocycles. The smallest absolute Gasteiger partial charge is 0.0269 e. The normalized spacial score (nSPS) is 45.2. The van der Waals surface area contributed by atoms with Crippen LogP contribution in [0.25, 0.3) is 0 Å². The first-order chi connectivity index (χ1) is 6.62. The molecule has 0 aliphatic heterocycles. The SMILES string of the molecule is CC1(C)CC1(C)CCCC1(C)CC1(C)C. The summed E-state index contributed by atoms with van der Waals surface area (Å²) in [7, 11) is 0. The summed E-state index contributed by atoms with van der Waals surface area (Å²) in [6.45, 7) is 14.7. The van der Waals surface area contributed by atoms with Crippen LogP contribution in [-0.2, 0) is 0 Å². The fourth-order valence-corrected chi connectivity index (χ4v) is 3.58. The van der Waals surface area contributed by atoms with Crippen molar-refractivity contribution in [1.82, 2.24) is 0 Å². The Hall–Kier alpha value is 0. The van der Waals surface area contributed by atoms with Gasteiger partial charge in [-0.05, 0) is 47.3 Å². The van der Waals surface area contributed by atoms with Gasteiger partial charge in [0.2, 0.25) is 0 Å². The Morgan fingerprint density at radius 2 is 0.933 bits per heavy atom. The van der Waals surface area contributed by atoms with Gasteiger partial charge in [0.25, 0.3) is 0 Å². The lowest BCUT2D eigenvalue weighted by atomic mass is 9.87. The fraction of sp³-hybridized carbons (Fsp3) is 1.00. The molecule has 0 aromatic heterocycles. The van der Waals surface area contributed by atoms with Gasteiger partial charge in [-0.25, -0.2) is 0 Å². The summed E-state index contributed by atoms with van der Waals surface area (Å²) in [5.41, 5.74) is 2.60. The molecule has 0 heteroatoms. The lowest BCUT2D eigenvalue weighted by Gasteiger charge is -2.18. The first kappa shape index (κ1) is 11.5. The van der Waals surface area contributed by atoms with Crippen molar-refractivity contribution < 1.29 is 0 Å².